The van der Waals surface area contributed by atoms with Crippen molar-refractivity contribution in [2.75, 3.05) is 5.32 Å². The summed E-state index contributed by atoms with van der Waals surface area (Å²) < 4.78 is 0.934. The van der Waals surface area contributed by atoms with Crippen molar-refractivity contribution in [3.8, 4) is 0 Å². The summed E-state index contributed by atoms with van der Waals surface area (Å²) in [6.45, 7) is 4.03. The van der Waals surface area contributed by atoms with Crippen LogP contribution in [0.4, 0.5) is 11.5 Å². The summed E-state index contributed by atoms with van der Waals surface area (Å²) in [6.07, 6.45) is 0. The van der Waals surface area contributed by atoms with Gasteiger partial charge in [0.1, 0.15) is 16.8 Å². The summed E-state index contributed by atoms with van der Waals surface area (Å²) in [7, 11) is 0. The number of hydrogen-bond acceptors (Lipinski definition) is 3. The molecule has 0 saturated carbocycles. The zero-order chi connectivity index (χ0) is 14.0. The lowest BCUT2D eigenvalue weighted by molar-refractivity contribution is 0.776. The summed E-state index contributed by atoms with van der Waals surface area (Å²) in [5, 5.41) is 4.18. The largest absolute Gasteiger partial charge is 0.339 e. The summed E-state index contributed by atoms with van der Waals surface area (Å²) in [5.41, 5.74) is 0.764. The van der Waals surface area contributed by atoms with Crippen molar-refractivity contribution in [2.24, 2.45) is 0 Å². The van der Waals surface area contributed by atoms with Crippen LogP contribution in [0, 0.1) is 0 Å². The zero-order valence-corrected chi connectivity index (χ0v) is 13.5. The third-order valence-electron chi connectivity index (χ3n) is 2.42. The van der Waals surface area contributed by atoms with Gasteiger partial charge in [0.15, 0.2) is 0 Å². The summed E-state index contributed by atoms with van der Waals surface area (Å²) in [6, 6.07) is 7.23. The molecule has 0 atom stereocenters. The Bertz CT molecular complexity index is 602. The Labute approximate surface area is 130 Å². The van der Waals surface area contributed by atoms with Gasteiger partial charge < -0.3 is 5.32 Å². The normalized spacial score (nSPS) is 10.8. The maximum absolute atomic E-state index is 6.13. The van der Waals surface area contributed by atoms with Gasteiger partial charge in [0.25, 0.3) is 0 Å². The molecule has 0 fully saturated rings. The summed E-state index contributed by atoms with van der Waals surface area (Å²) in [4.78, 5) is 8.61. The minimum atomic E-state index is 0.206. The van der Waals surface area contributed by atoms with Gasteiger partial charge in [-0.3, -0.25) is 0 Å². The first kappa shape index (κ1) is 14.6. The standard InChI is InChI=1S/C13H12BrCl2N3/c1-7(2)13-18-11(16)6-12(19-13)17-10-5-8(14)3-4-9(10)15/h3-7H,1-2H3,(H,17,18,19). The average Bonchev–Trinajstić information content (AvgIpc) is 2.33. The fraction of sp³-hybridized carbons (Fsp3) is 0.231. The molecule has 0 aliphatic rings. The Morgan fingerprint density at radius 3 is 2.58 bits per heavy atom. The molecule has 0 radical (unpaired) electrons. The lowest BCUT2D eigenvalue weighted by atomic mass is 10.2. The second-order valence-corrected chi connectivity index (χ2v) is 6.05. The van der Waals surface area contributed by atoms with E-state index in [1.54, 1.807) is 12.1 Å². The Balaban J connectivity index is 2.35. The zero-order valence-electron chi connectivity index (χ0n) is 10.4. The van der Waals surface area contributed by atoms with Gasteiger partial charge in [0.05, 0.1) is 10.7 Å². The highest BCUT2D eigenvalue weighted by atomic mass is 79.9. The summed E-state index contributed by atoms with van der Waals surface area (Å²) in [5.74, 6) is 1.53. The topological polar surface area (TPSA) is 37.8 Å². The molecule has 0 bridgehead atoms. The molecule has 0 aliphatic heterocycles. The molecule has 0 amide bonds. The van der Waals surface area contributed by atoms with E-state index in [1.165, 1.54) is 0 Å². The number of halogens is 3. The molecule has 1 N–H and O–H groups in total. The molecule has 0 aliphatic carbocycles. The van der Waals surface area contributed by atoms with E-state index in [0.29, 0.717) is 21.8 Å². The van der Waals surface area contributed by atoms with Crippen LogP contribution >= 0.6 is 39.1 Å². The van der Waals surface area contributed by atoms with Crippen LogP contribution in [-0.4, -0.2) is 9.97 Å². The molecule has 2 aromatic rings. The van der Waals surface area contributed by atoms with Crippen LogP contribution in [0.3, 0.4) is 0 Å². The van der Waals surface area contributed by atoms with Crippen molar-refractivity contribution < 1.29 is 0 Å². The molecular formula is C13H12BrCl2N3. The molecule has 1 aromatic heterocycles. The van der Waals surface area contributed by atoms with Crippen molar-refractivity contribution in [1.29, 1.82) is 0 Å². The first-order chi connectivity index (χ1) is 8.95. The fourth-order valence-corrected chi connectivity index (χ4v) is 2.20. The van der Waals surface area contributed by atoms with Gasteiger partial charge in [-0.1, -0.05) is 53.0 Å². The van der Waals surface area contributed by atoms with E-state index in [1.807, 2.05) is 26.0 Å². The van der Waals surface area contributed by atoms with E-state index in [0.717, 1.165) is 10.2 Å². The number of benzene rings is 1. The maximum Gasteiger partial charge on any atom is 0.135 e. The average molecular weight is 361 g/mol. The van der Waals surface area contributed by atoms with Crippen molar-refractivity contribution in [1.82, 2.24) is 9.97 Å². The van der Waals surface area contributed by atoms with E-state index >= 15 is 0 Å². The second kappa shape index (κ2) is 6.07. The fourth-order valence-electron chi connectivity index (χ4n) is 1.49. The molecule has 1 heterocycles. The maximum atomic E-state index is 6.13. The lowest BCUT2D eigenvalue weighted by Gasteiger charge is -2.11. The minimum Gasteiger partial charge on any atom is -0.339 e. The highest BCUT2D eigenvalue weighted by Crippen LogP contribution is 2.29. The molecule has 6 heteroatoms. The van der Waals surface area contributed by atoms with Crippen LogP contribution in [0.1, 0.15) is 25.6 Å². The third-order valence-corrected chi connectivity index (χ3v) is 3.44. The van der Waals surface area contributed by atoms with E-state index < -0.39 is 0 Å². The number of aromatic nitrogens is 2. The molecule has 3 nitrogen and oxygen atoms in total. The van der Waals surface area contributed by atoms with Crippen molar-refractivity contribution in [3.63, 3.8) is 0 Å². The van der Waals surface area contributed by atoms with Gasteiger partial charge in [0, 0.05) is 16.5 Å². The predicted molar refractivity (Wildman–Crippen MR) is 83.6 cm³/mol. The van der Waals surface area contributed by atoms with Crippen LogP contribution in [0.5, 0.6) is 0 Å². The SMILES string of the molecule is CC(C)c1nc(Cl)cc(Nc2cc(Br)ccc2Cl)n1. The first-order valence-electron chi connectivity index (χ1n) is 5.72. The van der Waals surface area contributed by atoms with Crippen LogP contribution in [0.15, 0.2) is 28.7 Å². The number of nitrogens with one attached hydrogen (secondary N) is 1. The molecular weight excluding hydrogens is 349 g/mol. The van der Waals surface area contributed by atoms with E-state index in [2.05, 4.69) is 31.2 Å². The van der Waals surface area contributed by atoms with E-state index in [-0.39, 0.29) is 5.92 Å². The van der Waals surface area contributed by atoms with Crippen molar-refractivity contribution in [2.45, 2.75) is 19.8 Å². The molecule has 1 aromatic carbocycles. The van der Waals surface area contributed by atoms with Gasteiger partial charge >= 0.3 is 0 Å². The lowest BCUT2D eigenvalue weighted by Crippen LogP contribution is -2.02. The number of nitrogens with zero attached hydrogens (tertiary/aromatic N) is 2. The van der Waals surface area contributed by atoms with Gasteiger partial charge in [0.2, 0.25) is 0 Å². The molecule has 0 unspecified atom stereocenters. The van der Waals surface area contributed by atoms with Crippen LogP contribution < -0.4 is 5.32 Å². The minimum absolute atomic E-state index is 0.206. The third kappa shape index (κ3) is 3.81. The summed E-state index contributed by atoms with van der Waals surface area (Å²) >= 11 is 15.5. The van der Waals surface area contributed by atoms with Crippen molar-refractivity contribution >= 4 is 50.6 Å². The molecule has 19 heavy (non-hydrogen) atoms. The molecule has 0 saturated heterocycles. The molecule has 100 valence electrons. The van der Waals surface area contributed by atoms with Crippen molar-refractivity contribution in [3.05, 3.63) is 44.7 Å². The monoisotopic (exact) mass is 359 g/mol. The number of anilines is 2. The first-order valence-corrected chi connectivity index (χ1v) is 7.27. The molecule has 2 rings (SSSR count). The van der Waals surface area contributed by atoms with E-state index in [4.69, 9.17) is 23.2 Å². The highest BCUT2D eigenvalue weighted by Gasteiger charge is 2.08. The van der Waals surface area contributed by atoms with Gasteiger partial charge in [-0.25, -0.2) is 9.97 Å². The van der Waals surface area contributed by atoms with E-state index in [9.17, 15) is 0 Å². The van der Waals surface area contributed by atoms with Crippen LogP contribution in [-0.2, 0) is 0 Å². The Kier molecular flexibility index (Phi) is 4.66. The Hall–Kier alpha value is -0.840. The van der Waals surface area contributed by atoms with Gasteiger partial charge in [-0.2, -0.15) is 0 Å². The quantitative estimate of drug-likeness (QED) is 0.743. The van der Waals surface area contributed by atoms with Crippen LogP contribution in [0.2, 0.25) is 10.2 Å². The Morgan fingerprint density at radius 1 is 1.16 bits per heavy atom. The van der Waals surface area contributed by atoms with Gasteiger partial charge in [-0.05, 0) is 18.2 Å². The van der Waals surface area contributed by atoms with Crippen LogP contribution in [0.25, 0.3) is 0 Å². The van der Waals surface area contributed by atoms with Gasteiger partial charge in [-0.15, -0.1) is 0 Å². The Morgan fingerprint density at radius 2 is 1.89 bits per heavy atom. The number of rotatable bonds is 3. The molecule has 0 spiro atoms. The second-order valence-electron chi connectivity index (χ2n) is 4.34. The predicted octanol–water partition coefficient (Wildman–Crippen LogP) is 5.41. The highest BCUT2D eigenvalue weighted by molar-refractivity contribution is 9.10. The number of hydrogen-bond donors (Lipinski definition) is 1. The smallest absolute Gasteiger partial charge is 0.135 e.